The summed E-state index contributed by atoms with van der Waals surface area (Å²) >= 11 is 0. The summed E-state index contributed by atoms with van der Waals surface area (Å²) < 4.78 is 104. The van der Waals surface area contributed by atoms with Crippen LogP contribution in [0.3, 0.4) is 0 Å². The number of carbonyl (C=O) groups excluding carboxylic acids is 1. The Morgan fingerprint density at radius 1 is 1.24 bits per heavy atom. The molecule has 0 amide bonds. The van der Waals surface area contributed by atoms with Gasteiger partial charge in [-0.25, -0.2) is 8.42 Å². The molecule has 1 fully saturated rings. The lowest BCUT2D eigenvalue weighted by atomic mass is 9.94. The fourth-order valence-corrected chi connectivity index (χ4v) is 4.46. The van der Waals surface area contributed by atoms with Crippen LogP contribution in [-0.4, -0.2) is 50.3 Å². The number of nitrogens with zero attached hydrogens (tertiary/aromatic N) is 1. The van der Waals surface area contributed by atoms with Gasteiger partial charge in [-0.1, -0.05) is 37.0 Å². The summed E-state index contributed by atoms with van der Waals surface area (Å²) in [6.45, 7) is 5.86. The minimum atomic E-state index is -5.81. The molecule has 1 heterocycles. The Kier molecular flexibility index (Phi) is 10.2. The zero-order valence-electron chi connectivity index (χ0n) is 18.0. The van der Waals surface area contributed by atoms with E-state index in [1.807, 2.05) is 6.79 Å². The van der Waals surface area contributed by atoms with Crippen molar-refractivity contribution in [2.24, 2.45) is 0 Å². The normalized spacial score (nSPS) is 20.9. The smallest absolute Gasteiger partial charge is 0.381 e. The second-order valence-electron chi connectivity index (χ2n) is 7.21. The minimum absolute atomic E-state index is 0.0426. The zero-order valence-corrected chi connectivity index (χ0v) is 18.8. The lowest BCUT2D eigenvalue weighted by molar-refractivity contribution is -0.0982. The third-order valence-electron chi connectivity index (χ3n) is 5.07. The standard InChI is InChI=1S/C20H24F6N2O2S.CH2O/c1-3-5-7-14(4-2)10-11-15-12-28(31(29,30)20(24,25)26)13-16-17(19(21,22)23)8-6-9-18(16)27-15;1-2/h3-5,7,9,15,27H,2,6,8,10-13H2,1H3;1H2/b5-3-,14-7+;/t15-;/m0./s1. The molecule has 1 N–H and O–H groups in total. The van der Waals surface area contributed by atoms with Gasteiger partial charge in [-0.2, -0.15) is 30.6 Å². The number of fused-ring (bicyclic) bond motifs is 1. The quantitative estimate of drug-likeness (QED) is 0.415. The summed E-state index contributed by atoms with van der Waals surface area (Å²) in [5.74, 6) is 0. The molecule has 0 aromatic carbocycles. The van der Waals surface area contributed by atoms with Gasteiger partial charge in [0.25, 0.3) is 0 Å². The van der Waals surface area contributed by atoms with Gasteiger partial charge in [0.05, 0.1) is 0 Å². The predicted octanol–water partition coefficient (Wildman–Crippen LogP) is 4.93. The average Bonchev–Trinajstić information content (AvgIpc) is 2.93. The maximum atomic E-state index is 13.5. The van der Waals surface area contributed by atoms with Gasteiger partial charge in [0, 0.05) is 30.4 Å². The number of rotatable bonds is 6. The molecule has 0 saturated carbocycles. The molecule has 186 valence electrons. The van der Waals surface area contributed by atoms with E-state index in [1.165, 1.54) is 6.08 Å². The summed E-state index contributed by atoms with van der Waals surface area (Å²) in [5.41, 5.74) is -6.26. The van der Waals surface area contributed by atoms with E-state index in [1.54, 1.807) is 31.2 Å². The number of sulfonamides is 1. The van der Waals surface area contributed by atoms with Crippen molar-refractivity contribution in [3.63, 3.8) is 0 Å². The van der Waals surface area contributed by atoms with Gasteiger partial charge in [-0.3, -0.25) is 0 Å². The highest BCUT2D eigenvalue weighted by Gasteiger charge is 2.52. The van der Waals surface area contributed by atoms with Gasteiger partial charge in [-0.15, -0.1) is 0 Å². The van der Waals surface area contributed by atoms with Crippen molar-refractivity contribution in [1.29, 1.82) is 0 Å². The molecule has 1 aliphatic carbocycles. The Morgan fingerprint density at radius 2 is 1.88 bits per heavy atom. The third-order valence-corrected chi connectivity index (χ3v) is 6.61. The van der Waals surface area contributed by atoms with Crippen molar-refractivity contribution in [3.8, 4) is 0 Å². The molecule has 0 aromatic rings. The maximum absolute atomic E-state index is 13.5. The van der Waals surface area contributed by atoms with E-state index in [0.717, 1.165) is 5.57 Å². The van der Waals surface area contributed by atoms with Crippen molar-refractivity contribution >= 4 is 16.8 Å². The van der Waals surface area contributed by atoms with Crippen molar-refractivity contribution in [2.75, 3.05) is 13.1 Å². The molecule has 2 aliphatic rings. The van der Waals surface area contributed by atoms with E-state index in [4.69, 9.17) is 4.79 Å². The summed E-state index contributed by atoms with van der Waals surface area (Å²) in [5, 5.41) is 2.86. The van der Waals surface area contributed by atoms with Crippen LogP contribution in [0.25, 0.3) is 0 Å². The molecule has 1 saturated heterocycles. The van der Waals surface area contributed by atoms with Crippen molar-refractivity contribution in [2.45, 2.75) is 50.3 Å². The highest BCUT2D eigenvalue weighted by atomic mass is 32.2. The highest BCUT2D eigenvalue weighted by Crippen LogP contribution is 2.39. The molecule has 0 unspecified atom stereocenters. The number of alkyl halides is 6. The molecule has 0 aromatic heterocycles. The summed E-state index contributed by atoms with van der Waals surface area (Å²) in [4.78, 5) is 8.00. The lowest BCUT2D eigenvalue weighted by Gasteiger charge is -2.25. The van der Waals surface area contributed by atoms with E-state index >= 15 is 0 Å². The summed E-state index contributed by atoms with van der Waals surface area (Å²) in [6, 6.07) is -0.817. The maximum Gasteiger partial charge on any atom is 0.511 e. The molecule has 0 spiro atoms. The number of hydrogen-bond donors (Lipinski definition) is 1. The fourth-order valence-electron chi connectivity index (χ4n) is 3.50. The van der Waals surface area contributed by atoms with E-state index in [0.29, 0.717) is 6.42 Å². The fraction of sp³-hybridized carbons (Fsp3) is 0.476. The van der Waals surface area contributed by atoms with Crippen LogP contribution in [-0.2, 0) is 14.8 Å². The molecule has 12 heteroatoms. The van der Waals surface area contributed by atoms with Gasteiger partial charge >= 0.3 is 21.7 Å². The van der Waals surface area contributed by atoms with Crippen LogP contribution < -0.4 is 5.32 Å². The Labute approximate surface area is 189 Å². The van der Waals surface area contributed by atoms with Gasteiger partial charge in [0.2, 0.25) is 0 Å². The number of hydrogen-bond acceptors (Lipinski definition) is 4. The summed E-state index contributed by atoms with van der Waals surface area (Å²) in [7, 11) is -5.81. The summed E-state index contributed by atoms with van der Waals surface area (Å²) in [6.07, 6.45) is 3.73. The van der Waals surface area contributed by atoms with Gasteiger partial charge < -0.3 is 10.1 Å². The largest absolute Gasteiger partial charge is 0.511 e. The van der Waals surface area contributed by atoms with Crippen LogP contribution in [0.4, 0.5) is 26.3 Å². The van der Waals surface area contributed by atoms with Crippen LogP contribution in [0.2, 0.25) is 0 Å². The third kappa shape index (κ3) is 7.32. The van der Waals surface area contributed by atoms with E-state index in [9.17, 15) is 34.8 Å². The van der Waals surface area contributed by atoms with Crippen molar-refractivity contribution in [1.82, 2.24) is 9.62 Å². The van der Waals surface area contributed by atoms with Gasteiger partial charge in [0.1, 0.15) is 6.79 Å². The Balaban J connectivity index is 0.00000265. The van der Waals surface area contributed by atoms with Gasteiger partial charge in [-0.05, 0) is 43.8 Å². The second kappa shape index (κ2) is 11.7. The number of nitrogens with one attached hydrogen (secondary N) is 1. The topological polar surface area (TPSA) is 66.5 Å². The van der Waals surface area contributed by atoms with Crippen LogP contribution in [0.15, 0.2) is 59.4 Å². The number of halogens is 6. The molecular weight excluding hydrogens is 474 g/mol. The SMILES string of the molecule is C=C/C(=C\C=C/C)CC[C@H]1CN(S(=O)(=O)C(F)(F)F)CC2=C(C(F)(F)F)CCC=C2N1.C=O. The predicted molar refractivity (Wildman–Crippen MR) is 113 cm³/mol. The Bertz CT molecular complexity index is 931. The van der Waals surface area contributed by atoms with Crippen LogP contribution in [0, 0.1) is 0 Å². The Hall–Kier alpha value is -2.34. The lowest BCUT2D eigenvalue weighted by Crippen LogP contribution is -2.45. The molecule has 33 heavy (non-hydrogen) atoms. The first-order valence-corrected chi connectivity index (χ1v) is 11.3. The molecule has 1 atom stereocenters. The van der Waals surface area contributed by atoms with E-state index in [2.05, 4.69) is 11.9 Å². The first kappa shape index (κ1) is 28.7. The van der Waals surface area contributed by atoms with Crippen molar-refractivity contribution in [3.05, 3.63) is 59.4 Å². The number of carbonyl (C=O) groups is 1. The van der Waals surface area contributed by atoms with Gasteiger partial charge in [0.15, 0.2) is 0 Å². The Morgan fingerprint density at radius 3 is 2.39 bits per heavy atom. The molecular formula is C21H26F6N2O3S. The monoisotopic (exact) mass is 500 g/mol. The molecule has 1 aliphatic heterocycles. The first-order valence-electron chi connectivity index (χ1n) is 9.87. The van der Waals surface area contributed by atoms with Crippen LogP contribution in [0.5, 0.6) is 0 Å². The molecule has 5 nitrogen and oxygen atoms in total. The second-order valence-corrected chi connectivity index (χ2v) is 9.14. The molecule has 0 bridgehead atoms. The molecule has 2 rings (SSSR count). The van der Waals surface area contributed by atoms with E-state index < -0.39 is 58.4 Å². The highest BCUT2D eigenvalue weighted by molar-refractivity contribution is 7.90. The van der Waals surface area contributed by atoms with E-state index in [-0.39, 0.29) is 22.8 Å². The average molecular weight is 501 g/mol. The first-order chi connectivity index (χ1) is 15.3. The van der Waals surface area contributed by atoms with Crippen molar-refractivity contribution < 1.29 is 39.6 Å². The van der Waals surface area contributed by atoms with Crippen LogP contribution >= 0.6 is 0 Å². The minimum Gasteiger partial charge on any atom is -0.381 e. The number of allylic oxidation sites excluding steroid dienone is 7. The zero-order chi connectivity index (χ0) is 25.4. The molecule has 0 radical (unpaired) electrons. The van der Waals surface area contributed by atoms with Crippen LogP contribution in [0.1, 0.15) is 32.6 Å².